The van der Waals surface area contributed by atoms with Crippen LogP contribution in [0.3, 0.4) is 0 Å². The third-order valence-corrected chi connectivity index (χ3v) is 2.56. The number of rotatable bonds is 3. The van der Waals surface area contributed by atoms with Crippen LogP contribution in [0.15, 0.2) is 18.2 Å². The lowest BCUT2D eigenvalue weighted by Crippen LogP contribution is -2.01. The van der Waals surface area contributed by atoms with E-state index in [1.807, 2.05) is 6.07 Å². The maximum Gasteiger partial charge on any atom is 0.160 e. The molecule has 0 radical (unpaired) electrons. The zero-order chi connectivity index (χ0) is 10.7. The summed E-state index contributed by atoms with van der Waals surface area (Å²) < 4.78 is 0. The summed E-state index contributed by atoms with van der Waals surface area (Å²) in [4.78, 5) is 11.4. The van der Waals surface area contributed by atoms with E-state index in [9.17, 15) is 4.79 Å². The van der Waals surface area contributed by atoms with Crippen molar-refractivity contribution >= 4 is 5.78 Å². The minimum Gasteiger partial charge on any atom is -0.295 e. The van der Waals surface area contributed by atoms with Crippen molar-refractivity contribution in [2.75, 3.05) is 0 Å². The first-order chi connectivity index (χ1) is 6.56. The van der Waals surface area contributed by atoms with Crippen molar-refractivity contribution in [2.24, 2.45) is 0 Å². The lowest BCUT2D eigenvalue weighted by atomic mass is 9.94. The molecule has 0 aliphatic rings. The molecule has 0 atom stereocenters. The SMILES string of the molecule is CCc1ccc(C(C)C)cc1C(C)=O. The molecule has 1 nitrogen and oxygen atoms in total. The average molecular weight is 190 g/mol. The van der Waals surface area contributed by atoms with Gasteiger partial charge >= 0.3 is 0 Å². The Hall–Kier alpha value is -1.11. The molecular formula is C13H18O. The van der Waals surface area contributed by atoms with Gasteiger partial charge in [0.05, 0.1) is 0 Å². The topological polar surface area (TPSA) is 17.1 Å². The van der Waals surface area contributed by atoms with Gasteiger partial charge in [0.2, 0.25) is 0 Å². The number of Topliss-reactive ketones (excluding diaryl/α,β-unsaturated/α-hetero) is 1. The highest BCUT2D eigenvalue weighted by atomic mass is 16.1. The summed E-state index contributed by atoms with van der Waals surface area (Å²) in [6.07, 6.45) is 0.924. The second-order valence-electron chi connectivity index (χ2n) is 3.98. The fourth-order valence-electron chi connectivity index (χ4n) is 1.59. The van der Waals surface area contributed by atoms with E-state index in [1.54, 1.807) is 6.92 Å². The molecule has 0 amide bonds. The zero-order valence-corrected chi connectivity index (χ0v) is 9.42. The van der Waals surface area contributed by atoms with Crippen LogP contribution in [0, 0.1) is 0 Å². The second-order valence-corrected chi connectivity index (χ2v) is 3.98. The van der Waals surface area contributed by atoms with Gasteiger partial charge in [0.1, 0.15) is 0 Å². The van der Waals surface area contributed by atoms with Gasteiger partial charge in [-0.05, 0) is 36.5 Å². The Morgan fingerprint density at radius 2 is 2.00 bits per heavy atom. The largest absolute Gasteiger partial charge is 0.295 e. The molecule has 1 heteroatoms. The molecule has 1 aromatic rings. The van der Waals surface area contributed by atoms with E-state index < -0.39 is 0 Å². The molecule has 0 aliphatic heterocycles. The molecule has 0 aliphatic carbocycles. The fourth-order valence-corrected chi connectivity index (χ4v) is 1.59. The fraction of sp³-hybridized carbons (Fsp3) is 0.462. The lowest BCUT2D eigenvalue weighted by Gasteiger charge is -2.10. The first kappa shape index (κ1) is 11.0. The molecule has 0 fully saturated rings. The molecule has 1 rings (SSSR count). The van der Waals surface area contributed by atoms with Crippen molar-refractivity contribution in [1.29, 1.82) is 0 Å². The van der Waals surface area contributed by atoms with Gasteiger partial charge in [-0.1, -0.05) is 32.9 Å². The van der Waals surface area contributed by atoms with E-state index in [0.717, 1.165) is 17.5 Å². The Labute approximate surface area is 86.1 Å². The van der Waals surface area contributed by atoms with Crippen molar-refractivity contribution in [2.45, 2.75) is 40.0 Å². The summed E-state index contributed by atoms with van der Waals surface area (Å²) >= 11 is 0. The van der Waals surface area contributed by atoms with E-state index in [0.29, 0.717) is 5.92 Å². The molecule has 0 bridgehead atoms. The molecule has 0 aromatic heterocycles. The van der Waals surface area contributed by atoms with Gasteiger partial charge in [-0.3, -0.25) is 4.79 Å². The molecule has 1 aromatic carbocycles. The van der Waals surface area contributed by atoms with Gasteiger partial charge in [-0.15, -0.1) is 0 Å². The Morgan fingerprint density at radius 1 is 1.36 bits per heavy atom. The number of aryl methyl sites for hydroxylation is 1. The Bertz CT molecular complexity index is 337. The number of carbonyl (C=O) groups is 1. The van der Waals surface area contributed by atoms with Gasteiger partial charge in [-0.25, -0.2) is 0 Å². The predicted molar refractivity (Wildman–Crippen MR) is 59.9 cm³/mol. The minimum atomic E-state index is 0.171. The number of carbonyl (C=O) groups excluding carboxylic acids is 1. The van der Waals surface area contributed by atoms with Gasteiger partial charge in [-0.2, -0.15) is 0 Å². The van der Waals surface area contributed by atoms with Gasteiger partial charge in [0.15, 0.2) is 5.78 Å². The highest BCUT2D eigenvalue weighted by Crippen LogP contribution is 2.19. The smallest absolute Gasteiger partial charge is 0.160 e. The van der Waals surface area contributed by atoms with Gasteiger partial charge in [0, 0.05) is 5.56 Å². The van der Waals surface area contributed by atoms with Crippen LogP contribution in [0.2, 0.25) is 0 Å². The first-order valence-electron chi connectivity index (χ1n) is 5.20. The van der Waals surface area contributed by atoms with Crippen LogP contribution >= 0.6 is 0 Å². The second kappa shape index (κ2) is 4.41. The quantitative estimate of drug-likeness (QED) is 0.666. The molecule has 14 heavy (non-hydrogen) atoms. The summed E-state index contributed by atoms with van der Waals surface area (Å²) in [6, 6.07) is 6.23. The number of hydrogen-bond donors (Lipinski definition) is 0. The lowest BCUT2D eigenvalue weighted by molar-refractivity contribution is 0.101. The summed E-state index contributed by atoms with van der Waals surface area (Å²) in [5, 5.41) is 0. The third-order valence-electron chi connectivity index (χ3n) is 2.56. The summed E-state index contributed by atoms with van der Waals surface area (Å²) in [5.74, 6) is 0.656. The number of hydrogen-bond acceptors (Lipinski definition) is 1. The highest BCUT2D eigenvalue weighted by Gasteiger charge is 2.08. The first-order valence-corrected chi connectivity index (χ1v) is 5.20. The average Bonchev–Trinajstić information content (AvgIpc) is 2.16. The highest BCUT2D eigenvalue weighted by molar-refractivity contribution is 5.95. The summed E-state index contributed by atoms with van der Waals surface area (Å²) in [7, 11) is 0. The van der Waals surface area contributed by atoms with Crippen molar-refractivity contribution in [3.63, 3.8) is 0 Å². The normalized spacial score (nSPS) is 10.6. The Balaban J connectivity index is 3.21. The molecule has 0 N–H and O–H groups in total. The molecule has 0 saturated heterocycles. The molecule has 0 saturated carbocycles. The minimum absolute atomic E-state index is 0.171. The molecular weight excluding hydrogens is 172 g/mol. The van der Waals surface area contributed by atoms with Crippen LogP contribution in [0.4, 0.5) is 0 Å². The molecule has 0 spiro atoms. The van der Waals surface area contributed by atoms with Crippen LogP contribution in [0.5, 0.6) is 0 Å². The van der Waals surface area contributed by atoms with Crippen LogP contribution in [-0.4, -0.2) is 5.78 Å². The molecule has 76 valence electrons. The van der Waals surface area contributed by atoms with E-state index >= 15 is 0 Å². The van der Waals surface area contributed by atoms with Gasteiger partial charge < -0.3 is 0 Å². The molecule has 0 heterocycles. The third kappa shape index (κ3) is 2.22. The standard InChI is InChI=1S/C13H18O/c1-5-11-6-7-12(9(2)3)8-13(11)10(4)14/h6-9H,5H2,1-4H3. The maximum absolute atomic E-state index is 11.4. The van der Waals surface area contributed by atoms with Crippen molar-refractivity contribution in [3.8, 4) is 0 Å². The molecule has 0 unspecified atom stereocenters. The number of ketones is 1. The van der Waals surface area contributed by atoms with Gasteiger partial charge in [0.25, 0.3) is 0 Å². The summed E-state index contributed by atoms with van der Waals surface area (Å²) in [5.41, 5.74) is 3.29. The Morgan fingerprint density at radius 3 is 2.43 bits per heavy atom. The number of benzene rings is 1. The van der Waals surface area contributed by atoms with E-state index in [1.165, 1.54) is 5.56 Å². The van der Waals surface area contributed by atoms with Crippen LogP contribution in [-0.2, 0) is 6.42 Å². The van der Waals surface area contributed by atoms with Crippen LogP contribution in [0.1, 0.15) is 55.1 Å². The maximum atomic E-state index is 11.4. The van der Waals surface area contributed by atoms with E-state index in [-0.39, 0.29) is 5.78 Å². The van der Waals surface area contributed by atoms with E-state index in [2.05, 4.69) is 32.9 Å². The van der Waals surface area contributed by atoms with E-state index in [4.69, 9.17) is 0 Å². The van der Waals surface area contributed by atoms with Crippen LogP contribution in [0.25, 0.3) is 0 Å². The summed E-state index contributed by atoms with van der Waals surface area (Å²) in [6.45, 7) is 8.01. The monoisotopic (exact) mass is 190 g/mol. The Kier molecular flexibility index (Phi) is 3.45. The van der Waals surface area contributed by atoms with Crippen molar-refractivity contribution < 1.29 is 4.79 Å². The van der Waals surface area contributed by atoms with Crippen molar-refractivity contribution in [3.05, 3.63) is 34.9 Å². The van der Waals surface area contributed by atoms with Crippen molar-refractivity contribution in [1.82, 2.24) is 0 Å². The van der Waals surface area contributed by atoms with Crippen LogP contribution < -0.4 is 0 Å². The predicted octanol–water partition coefficient (Wildman–Crippen LogP) is 3.58. The zero-order valence-electron chi connectivity index (χ0n) is 9.42.